The smallest absolute Gasteiger partial charge is 0.243 e. The number of halogens is 1. The van der Waals surface area contributed by atoms with Crippen molar-refractivity contribution in [2.45, 2.75) is 45.7 Å². The third kappa shape index (κ3) is 5.11. The Labute approximate surface area is 166 Å². The Balaban J connectivity index is 0.000000320. The van der Waals surface area contributed by atoms with E-state index in [4.69, 9.17) is 0 Å². The number of hydrogen-bond donors (Lipinski definition) is 1. The van der Waals surface area contributed by atoms with Gasteiger partial charge in [0.15, 0.2) is 0 Å². The molecule has 1 aromatic heterocycles. The summed E-state index contributed by atoms with van der Waals surface area (Å²) in [6.07, 6.45) is 9.29. The Kier molecular flexibility index (Phi) is 7.07. The fourth-order valence-electron chi connectivity index (χ4n) is 3.52. The number of benzene rings is 1. The first-order chi connectivity index (χ1) is 13.5. The first kappa shape index (κ1) is 20.8. The van der Waals surface area contributed by atoms with Crippen LogP contribution in [0, 0.1) is 5.92 Å². The number of para-hydroxylation sites is 1. The zero-order chi connectivity index (χ0) is 20.0. The summed E-state index contributed by atoms with van der Waals surface area (Å²) in [5.41, 5.74) is 2.78. The van der Waals surface area contributed by atoms with Crippen molar-refractivity contribution in [1.82, 2.24) is 14.3 Å². The fourth-order valence-corrected chi connectivity index (χ4v) is 4.36. The van der Waals surface area contributed by atoms with Gasteiger partial charge < -0.3 is 9.88 Å². The van der Waals surface area contributed by atoms with Crippen molar-refractivity contribution >= 4 is 15.7 Å². The molecule has 0 spiro atoms. The van der Waals surface area contributed by atoms with Gasteiger partial charge in [-0.3, -0.25) is 0 Å². The summed E-state index contributed by atoms with van der Waals surface area (Å²) < 4.78 is 37.7. The summed E-state index contributed by atoms with van der Waals surface area (Å²) in [6.45, 7) is 3.83. The van der Waals surface area contributed by atoms with Gasteiger partial charge in [-0.05, 0) is 17.5 Å². The summed E-state index contributed by atoms with van der Waals surface area (Å²) in [5, 5.41) is 0. The molecule has 1 aliphatic carbocycles. The molecule has 8 heteroatoms. The van der Waals surface area contributed by atoms with Crippen molar-refractivity contribution in [3.05, 3.63) is 48.0 Å². The lowest BCUT2D eigenvalue weighted by Gasteiger charge is -2.24. The maximum absolute atomic E-state index is 12.8. The Morgan fingerprint density at radius 1 is 1.25 bits per heavy atom. The molecule has 0 bridgehead atoms. The van der Waals surface area contributed by atoms with Gasteiger partial charge in [0.05, 0.1) is 18.6 Å². The minimum atomic E-state index is -3.85. The van der Waals surface area contributed by atoms with Crippen LogP contribution in [0.15, 0.2) is 36.8 Å². The van der Waals surface area contributed by atoms with Crippen molar-refractivity contribution in [2.24, 2.45) is 5.92 Å². The predicted molar refractivity (Wildman–Crippen MR) is 109 cm³/mol. The van der Waals surface area contributed by atoms with Crippen molar-refractivity contribution in [2.75, 3.05) is 24.0 Å². The third-order valence-corrected chi connectivity index (χ3v) is 6.92. The fraction of sp³-hybridized carbons (Fsp3) is 0.550. The molecule has 0 radical (unpaired) electrons. The molecule has 0 saturated heterocycles. The molecule has 0 amide bonds. The summed E-state index contributed by atoms with van der Waals surface area (Å²) in [6, 6.07) is 6.24. The number of nitrogens with zero attached hydrogens (tertiary/aromatic N) is 3. The highest BCUT2D eigenvalue weighted by molar-refractivity contribution is 7.88. The van der Waals surface area contributed by atoms with Crippen LogP contribution < -0.4 is 4.90 Å². The van der Waals surface area contributed by atoms with Gasteiger partial charge in [0.1, 0.15) is 0 Å². The van der Waals surface area contributed by atoms with Crippen LogP contribution in [0.2, 0.25) is 0 Å². The summed E-state index contributed by atoms with van der Waals surface area (Å²) in [4.78, 5) is 9.12. The number of fused-ring (bicyclic) bond motifs is 1. The number of imidazole rings is 1. The van der Waals surface area contributed by atoms with E-state index in [1.807, 2.05) is 24.3 Å². The van der Waals surface area contributed by atoms with E-state index in [0.717, 1.165) is 22.9 Å². The van der Waals surface area contributed by atoms with Gasteiger partial charge in [0.2, 0.25) is 16.0 Å². The highest BCUT2D eigenvalue weighted by Gasteiger charge is 2.27. The highest BCUT2D eigenvalue weighted by Crippen LogP contribution is 2.28. The van der Waals surface area contributed by atoms with Crippen molar-refractivity contribution in [3.8, 4) is 0 Å². The number of H-pyrrole nitrogens is 1. The van der Waals surface area contributed by atoms with Gasteiger partial charge in [-0.1, -0.05) is 50.8 Å². The number of anilines is 1. The normalized spacial score (nSPS) is 17.9. The molecule has 1 N–H and O–H groups in total. The van der Waals surface area contributed by atoms with Gasteiger partial charge in [-0.15, -0.1) is 0 Å². The van der Waals surface area contributed by atoms with Crippen LogP contribution in [-0.4, -0.2) is 41.8 Å². The second kappa shape index (κ2) is 9.52. The second-order valence-corrected chi connectivity index (χ2v) is 9.29. The Morgan fingerprint density at radius 3 is 2.61 bits per heavy atom. The number of hydrogen-bond acceptors (Lipinski definition) is 4. The van der Waals surface area contributed by atoms with E-state index in [1.54, 1.807) is 12.5 Å². The molecule has 1 aliphatic heterocycles. The maximum Gasteiger partial charge on any atom is 0.243 e. The van der Waals surface area contributed by atoms with Crippen LogP contribution in [0.4, 0.5) is 10.1 Å². The number of nitrogens with one attached hydrogen (secondary N) is 1. The zero-order valence-corrected chi connectivity index (χ0v) is 17.2. The molecule has 2 heterocycles. The topological polar surface area (TPSA) is 69.3 Å². The average molecular weight is 409 g/mol. The quantitative estimate of drug-likeness (QED) is 0.819. The summed E-state index contributed by atoms with van der Waals surface area (Å²) >= 11 is 0. The van der Waals surface area contributed by atoms with Gasteiger partial charge in [-0.25, -0.2) is 17.8 Å². The second-order valence-electron chi connectivity index (χ2n) is 7.39. The van der Waals surface area contributed by atoms with Crippen LogP contribution in [-0.2, 0) is 23.1 Å². The van der Waals surface area contributed by atoms with E-state index < -0.39 is 16.0 Å². The van der Waals surface area contributed by atoms with E-state index in [-0.39, 0.29) is 13.1 Å². The Bertz CT molecular complexity index is 835. The minimum absolute atomic E-state index is 0.196. The highest BCUT2D eigenvalue weighted by atomic mass is 32.2. The van der Waals surface area contributed by atoms with Crippen LogP contribution in [0.5, 0.6) is 0 Å². The minimum Gasteiger partial charge on any atom is -0.364 e. The lowest BCUT2D eigenvalue weighted by atomic mass is 9.84. The standard InChI is InChI=1S/C14H17FN4O2S.C6H12/c15-10-22(20,21)19-6-5-18(9-13-7-16-11-17-13)14-4-2-1-3-12(14)8-19;1-2-6-4-3-5-6/h1-4,7,11H,5-6,8-10H2,(H,16,17);6H,2-5H2,1H3. The monoisotopic (exact) mass is 408 g/mol. The molecule has 0 unspecified atom stereocenters. The van der Waals surface area contributed by atoms with Crippen molar-refractivity contribution < 1.29 is 12.8 Å². The van der Waals surface area contributed by atoms with E-state index in [9.17, 15) is 12.8 Å². The molecule has 28 heavy (non-hydrogen) atoms. The van der Waals surface area contributed by atoms with Crippen LogP contribution in [0.3, 0.4) is 0 Å². The molecule has 0 atom stereocenters. The molecule has 4 rings (SSSR count). The molecule has 1 fully saturated rings. The number of sulfonamides is 1. The Hall–Kier alpha value is -1.93. The van der Waals surface area contributed by atoms with E-state index in [2.05, 4.69) is 21.8 Å². The number of aromatic amines is 1. The van der Waals surface area contributed by atoms with Crippen molar-refractivity contribution in [3.63, 3.8) is 0 Å². The lowest BCUT2D eigenvalue weighted by Crippen LogP contribution is -2.35. The lowest BCUT2D eigenvalue weighted by molar-refractivity contribution is 0.307. The number of rotatable bonds is 5. The molecule has 1 saturated carbocycles. The van der Waals surface area contributed by atoms with Crippen molar-refractivity contribution in [1.29, 1.82) is 0 Å². The molecular formula is C20H29FN4O2S. The predicted octanol–water partition coefficient (Wildman–Crippen LogP) is 3.69. The van der Waals surface area contributed by atoms with E-state index in [1.165, 1.54) is 30.0 Å². The van der Waals surface area contributed by atoms with Gasteiger partial charge in [0, 0.05) is 31.5 Å². The SMILES string of the molecule is CCC1CCC1.O=S(=O)(CF)N1CCN(Cc2cnc[nH]2)c2ccccc2C1. The summed E-state index contributed by atoms with van der Waals surface area (Å²) in [7, 11) is -3.85. The molecule has 2 aliphatic rings. The van der Waals surface area contributed by atoms with E-state index >= 15 is 0 Å². The first-order valence-corrected chi connectivity index (χ1v) is 11.5. The zero-order valence-electron chi connectivity index (χ0n) is 16.3. The first-order valence-electron chi connectivity index (χ1n) is 9.87. The van der Waals surface area contributed by atoms with Crippen LogP contribution in [0.1, 0.15) is 43.9 Å². The third-order valence-electron chi connectivity index (χ3n) is 5.55. The molecule has 1 aromatic carbocycles. The summed E-state index contributed by atoms with van der Waals surface area (Å²) in [5.74, 6) is 1.12. The number of alkyl halides is 1. The average Bonchev–Trinajstić information content (AvgIpc) is 3.09. The molecule has 2 aromatic rings. The maximum atomic E-state index is 12.8. The van der Waals surface area contributed by atoms with Gasteiger partial charge >= 0.3 is 0 Å². The van der Waals surface area contributed by atoms with Gasteiger partial charge in [0.25, 0.3) is 0 Å². The van der Waals surface area contributed by atoms with Crippen LogP contribution >= 0.6 is 0 Å². The van der Waals surface area contributed by atoms with Crippen LogP contribution in [0.25, 0.3) is 0 Å². The van der Waals surface area contributed by atoms with Gasteiger partial charge in [-0.2, -0.15) is 4.31 Å². The number of aromatic nitrogens is 2. The molecule has 154 valence electrons. The molecule has 6 nitrogen and oxygen atoms in total. The largest absolute Gasteiger partial charge is 0.364 e. The molecular weight excluding hydrogens is 379 g/mol. The van der Waals surface area contributed by atoms with E-state index in [0.29, 0.717) is 13.1 Å². The Morgan fingerprint density at radius 2 is 2.04 bits per heavy atom.